The number of hydrogen-bond donors (Lipinski definition) is 2. The van der Waals surface area contributed by atoms with Gasteiger partial charge in [0.15, 0.2) is 5.78 Å². The first-order valence-corrected chi connectivity index (χ1v) is 7.83. The number of carbonyl (C=O) groups excluding carboxylic acids is 2. The third-order valence-corrected chi connectivity index (χ3v) is 3.95. The average molecular weight is 322 g/mol. The molecule has 0 spiro atoms. The van der Waals surface area contributed by atoms with Crippen molar-refractivity contribution in [2.75, 3.05) is 12.4 Å². The van der Waals surface area contributed by atoms with E-state index >= 15 is 0 Å². The summed E-state index contributed by atoms with van der Waals surface area (Å²) in [7, 11) is 0. The molecule has 0 fully saturated rings. The van der Waals surface area contributed by atoms with Gasteiger partial charge in [-0.2, -0.15) is 0 Å². The molecule has 2 aromatic rings. The highest BCUT2D eigenvalue weighted by Gasteiger charge is 2.22. The standard InChI is InChI=1S/C14H18N4O3S/c1-5-21-13(20)12-7(2)11(8(3)15-12)10(19)6-22-14-16-9(4)17-18-14/h15H,5-6H2,1-4H3,(H,16,17,18). The fourth-order valence-electron chi connectivity index (χ4n) is 2.16. The maximum atomic E-state index is 12.4. The van der Waals surface area contributed by atoms with Gasteiger partial charge in [-0.15, -0.1) is 5.10 Å². The molecule has 118 valence electrons. The summed E-state index contributed by atoms with van der Waals surface area (Å²) in [6.45, 7) is 7.34. The zero-order valence-electron chi connectivity index (χ0n) is 12.9. The van der Waals surface area contributed by atoms with Crippen molar-refractivity contribution in [3.63, 3.8) is 0 Å². The van der Waals surface area contributed by atoms with Crippen LogP contribution in [-0.4, -0.2) is 44.3 Å². The lowest BCUT2D eigenvalue weighted by Crippen LogP contribution is -2.08. The Bertz CT molecular complexity index is 705. The summed E-state index contributed by atoms with van der Waals surface area (Å²) >= 11 is 1.26. The largest absolute Gasteiger partial charge is 0.461 e. The summed E-state index contributed by atoms with van der Waals surface area (Å²) < 4.78 is 4.98. The van der Waals surface area contributed by atoms with Gasteiger partial charge in [0, 0.05) is 11.3 Å². The van der Waals surface area contributed by atoms with Crippen LogP contribution in [0.25, 0.3) is 0 Å². The van der Waals surface area contributed by atoms with Crippen molar-refractivity contribution in [2.24, 2.45) is 0 Å². The first-order chi connectivity index (χ1) is 10.4. The van der Waals surface area contributed by atoms with Crippen LogP contribution in [0.4, 0.5) is 0 Å². The number of nitrogens with one attached hydrogen (secondary N) is 2. The molecule has 2 rings (SSSR count). The van der Waals surface area contributed by atoms with E-state index < -0.39 is 5.97 Å². The number of esters is 1. The molecule has 0 saturated heterocycles. The SMILES string of the molecule is CCOC(=O)c1[nH]c(C)c(C(=O)CSc2n[nH]c(C)n2)c1C. The predicted octanol–water partition coefficient (Wildman–Crippen LogP) is 2.21. The summed E-state index contributed by atoms with van der Waals surface area (Å²) in [6, 6.07) is 0. The Morgan fingerprint density at radius 2 is 2.00 bits per heavy atom. The number of nitrogens with zero attached hydrogens (tertiary/aromatic N) is 2. The lowest BCUT2D eigenvalue weighted by molar-refractivity contribution is 0.0519. The first kappa shape index (κ1) is 16.3. The van der Waals surface area contributed by atoms with E-state index in [9.17, 15) is 9.59 Å². The number of ketones is 1. The van der Waals surface area contributed by atoms with Crippen LogP contribution < -0.4 is 0 Å². The van der Waals surface area contributed by atoms with Crippen molar-refractivity contribution in [2.45, 2.75) is 32.9 Å². The smallest absolute Gasteiger partial charge is 0.355 e. The highest BCUT2D eigenvalue weighted by atomic mass is 32.2. The lowest BCUT2D eigenvalue weighted by Gasteiger charge is -2.02. The number of aromatic nitrogens is 4. The van der Waals surface area contributed by atoms with Gasteiger partial charge in [-0.05, 0) is 33.3 Å². The van der Waals surface area contributed by atoms with Crippen molar-refractivity contribution in [1.29, 1.82) is 0 Å². The van der Waals surface area contributed by atoms with Gasteiger partial charge in [0.05, 0.1) is 12.4 Å². The number of aryl methyl sites for hydroxylation is 2. The number of aromatic amines is 2. The number of Topliss-reactive ketones (excluding diaryl/α,β-unsaturated/α-hetero) is 1. The van der Waals surface area contributed by atoms with Gasteiger partial charge in [0.25, 0.3) is 0 Å². The number of H-pyrrole nitrogens is 2. The van der Waals surface area contributed by atoms with Gasteiger partial charge in [-0.1, -0.05) is 11.8 Å². The Balaban J connectivity index is 2.14. The molecule has 8 heteroatoms. The number of carbonyl (C=O) groups is 2. The Morgan fingerprint density at radius 3 is 2.59 bits per heavy atom. The van der Waals surface area contributed by atoms with Gasteiger partial charge in [-0.3, -0.25) is 9.89 Å². The van der Waals surface area contributed by atoms with Crippen LogP contribution >= 0.6 is 11.8 Å². The number of hydrogen-bond acceptors (Lipinski definition) is 6. The molecular weight excluding hydrogens is 304 g/mol. The molecule has 0 aliphatic carbocycles. The van der Waals surface area contributed by atoms with Crippen molar-refractivity contribution in [3.8, 4) is 0 Å². The molecule has 0 bridgehead atoms. The van der Waals surface area contributed by atoms with Gasteiger partial charge in [0.2, 0.25) is 5.16 Å². The van der Waals surface area contributed by atoms with Gasteiger partial charge >= 0.3 is 5.97 Å². The molecule has 2 N–H and O–H groups in total. The van der Waals surface area contributed by atoms with Crippen LogP contribution in [0.15, 0.2) is 5.16 Å². The van der Waals surface area contributed by atoms with Crippen LogP contribution in [0, 0.1) is 20.8 Å². The van der Waals surface area contributed by atoms with E-state index in [-0.39, 0.29) is 11.5 Å². The van der Waals surface area contributed by atoms with Crippen molar-refractivity contribution in [3.05, 3.63) is 28.3 Å². The summed E-state index contributed by atoms with van der Waals surface area (Å²) in [6.07, 6.45) is 0. The van der Waals surface area contributed by atoms with Gasteiger partial charge in [0.1, 0.15) is 11.5 Å². The minimum absolute atomic E-state index is 0.0748. The number of thioether (sulfide) groups is 1. The summed E-state index contributed by atoms with van der Waals surface area (Å²) in [5, 5.41) is 7.23. The Labute approximate surface area is 132 Å². The summed E-state index contributed by atoms with van der Waals surface area (Å²) in [5.74, 6) is 0.390. The predicted molar refractivity (Wildman–Crippen MR) is 82.4 cm³/mol. The monoisotopic (exact) mass is 322 g/mol. The van der Waals surface area contributed by atoms with E-state index in [2.05, 4.69) is 20.2 Å². The first-order valence-electron chi connectivity index (χ1n) is 6.85. The molecule has 0 amide bonds. The van der Waals surface area contributed by atoms with E-state index in [1.54, 1.807) is 27.7 Å². The zero-order chi connectivity index (χ0) is 16.3. The molecule has 22 heavy (non-hydrogen) atoms. The quantitative estimate of drug-likeness (QED) is 0.480. The fourth-order valence-corrected chi connectivity index (χ4v) is 2.88. The van der Waals surface area contributed by atoms with Crippen molar-refractivity contribution in [1.82, 2.24) is 20.2 Å². The lowest BCUT2D eigenvalue weighted by atomic mass is 10.1. The van der Waals surface area contributed by atoms with Crippen LogP contribution in [0.3, 0.4) is 0 Å². The third-order valence-electron chi connectivity index (χ3n) is 3.10. The van der Waals surface area contributed by atoms with Crippen LogP contribution in [0.1, 0.15) is 44.9 Å². The van der Waals surface area contributed by atoms with E-state index in [1.165, 1.54) is 11.8 Å². The molecule has 2 heterocycles. The van der Waals surface area contributed by atoms with E-state index in [0.717, 1.165) is 0 Å². The third kappa shape index (κ3) is 3.38. The van der Waals surface area contributed by atoms with Crippen molar-refractivity contribution >= 4 is 23.5 Å². The van der Waals surface area contributed by atoms with Crippen molar-refractivity contribution < 1.29 is 14.3 Å². The Morgan fingerprint density at radius 1 is 1.27 bits per heavy atom. The number of rotatable bonds is 6. The molecule has 7 nitrogen and oxygen atoms in total. The average Bonchev–Trinajstić information content (AvgIpc) is 3.00. The molecule has 0 aliphatic heterocycles. The summed E-state index contributed by atoms with van der Waals surface area (Å²) in [4.78, 5) is 31.3. The van der Waals surface area contributed by atoms with Gasteiger partial charge < -0.3 is 9.72 Å². The van der Waals surface area contributed by atoms with Gasteiger partial charge in [-0.25, -0.2) is 9.78 Å². The highest BCUT2D eigenvalue weighted by Crippen LogP contribution is 2.22. The van der Waals surface area contributed by atoms with E-state index in [0.29, 0.717) is 40.1 Å². The summed E-state index contributed by atoms with van der Waals surface area (Å²) in [5.41, 5.74) is 2.15. The topological polar surface area (TPSA) is 101 Å². The molecule has 0 saturated carbocycles. The maximum Gasteiger partial charge on any atom is 0.355 e. The fraction of sp³-hybridized carbons (Fsp3) is 0.429. The second-order valence-electron chi connectivity index (χ2n) is 4.76. The minimum Gasteiger partial charge on any atom is -0.461 e. The normalized spacial score (nSPS) is 10.7. The Hall–Kier alpha value is -2.09. The molecule has 2 aromatic heterocycles. The van der Waals surface area contributed by atoms with Crippen LogP contribution in [0.5, 0.6) is 0 Å². The number of ether oxygens (including phenoxy) is 1. The second kappa shape index (κ2) is 6.78. The highest BCUT2D eigenvalue weighted by molar-refractivity contribution is 7.99. The van der Waals surface area contributed by atoms with Crippen LogP contribution in [0.2, 0.25) is 0 Å². The molecule has 0 aromatic carbocycles. The zero-order valence-corrected chi connectivity index (χ0v) is 13.8. The molecule has 0 aliphatic rings. The molecular formula is C14H18N4O3S. The van der Waals surface area contributed by atoms with Crippen LogP contribution in [-0.2, 0) is 4.74 Å². The molecule has 0 radical (unpaired) electrons. The molecule has 0 atom stereocenters. The second-order valence-corrected chi connectivity index (χ2v) is 5.70. The molecule has 0 unspecified atom stereocenters. The minimum atomic E-state index is -0.445. The van der Waals surface area contributed by atoms with E-state index in [1.807, 2.05) is 0 Å². The van der Waals surface area contributed by atoms with E-state index in [4.69, 9.17) is 4.74 Å². The Kier molecular flexibility index (Phi) is 5.02. The maximum absolute atomic E-state index is 12.4.